The number of alkyl halides is 3. The van der Waals surface area contributed by atoms with Crippen LogP contribution in [0.15, 0.2) is 65.6 Å². The van der Waals surface area contributed by atoms with Gasteiger partial charge in [0.25, 0.3) is 0 Å². The maximum atomic E-state index is 14.5. The molecule has 3 rings (SSSR count). The number of aliphatic carboxylic acids is 1. The maximum Gasteiger partial charge on any atom is 0.416 e. The van der Waals surface area contributed by atoms with Gasteiger partial charge in [-0.2, -0.15) is 13.2 Å². The van der Waals surface area contributed by atoms with E-state index in [0.717, 1.165) is 30.3 Å². The van der Waals surface area contributed by atoms with Gasteiger partial charge in [-0.3, -0.25) is 4.79 Å². The molecule has 0 aliphatic carbocycles. The first-order valence-corrected chi connectivity index (χ1v) is 10.9. The van der Waals surface area contributed by atoms with Gasteiger partial charge in [-0.15, -0.1) is 0 Å². The summed E-state index contributed by atoms with van der Waals surface area (Å²) in [5.41, 5.74) is -1.13. The molecule has 0 heterocycles. The Bertz CT molecular complexity index is 1290. The van der Waals surface area contributed by atoms with E-state index in [1.165, 1.54) is 12.1 Å². The summed E-state index contributed by atoms with van der Waals surface area (Å²) in [6.45, 7) is 0. The van der Waals surface area contributed by atoms with E-state index >= 15 is 0 Å². The highest BCUT2D eigenvalue weighted by Gasteiger charge is 2.32. The first-order valence-electron chi connectivity index (χ1n) is 9.21. The molecule has 0 radical (unpaired) electrons. The van der Waals surface area contributed by atoms with Crippen LogP contribution in [0.4, 0.5) is 22.0 Å². The van der Waals surface area contributed by atoms with Crippen molar-refractivity contribution in [1.29, 1.82) is 0 Å². The first-order chi connectivity index (χ1) is 15.3. The Kier molecular flexibility index (Phi) is 6.73. The second kappa shape index (κ2) is 9.18. The zero-order chi connectivity index (χ0) is 24.4. The molecule has 0 aliphatic heterocycles. The van der Waals surface area contributed by atoms with Gasteiger partial charge in [-0.05, 0) is 59.7 Å². The Labute approximate surface area is 185 Å². The molecular formula is C22H15F5O5S. The third-order valence-corrected chi connectivity index (χ3v) is 6.09. The quantitative estimate of drug-likeness (QED) is 0.454. The number of hydrogen-bond donors (Lipinski definition) is 1. The Hall–Kier alpha value is -3.47. The van der Waals surface area contributed by atoms with Gasteiger partial charge >= 0.3 is 12.1 Å². The van der Waals surface area contributed by atoms with E-state index in [2.05, 4.69) is 0 Å². The highest BCUT2D eigenvalue weighted by molar-refractivity contribution is 7.90. The molecule has 5 nitrogen and oxygen atoms in total. The van der Waals surface area contributed by atoms with Gasteiger partial charge < -0.3 is 9.84 Å². The fourth-order valence-electron chi connectivity index (χ4n) is 2.93. The van der Waals surface area contributed by atoms with E-state index in [9.17, 15) is 35.2 Å². The molecular weight excluding hydrogens is 471 g/mol. The number of rotatable bonds is 7. The molecule has 0 unspecified atom stereocenters. The van der Waals surface area contributed by atoms with Crippen molar-refractivity contribution >= 4 is 15.8 Å². The van der Waals surface area contributed by atoms with Crippen molar-refractivity contribution in [3.63, 3.8) is 0 Å². The minimum absolute atomic E-state index is 0.216. The smallest absolute Gasteiger partial charge is 0.416 e. The summed E-state index contributed by atoms with van der Waals surface area (Å²) in [5.74, 6) is -4.64. The maximum absolute atomic E-state index is 14.5. The van der Waals surface area contributed by atoms with Crippen LogP contribution in [-0.4, -0.2) is 19.5 Å². The summed E-state index contributed by atoms with van der Waals surface area (Å²) >= 11 is 0. The van der Waals surface area contributed by atoms with E-state index in [4.69, 9.17) is 9.84 Å². The predicted octanol–water partition coefficient (Wildman–Crippen LogP) is 5.38. The Morgan fingerprint density at radius 1 is 0.909 bits per heavy atom. The third kappa shape index (κ3) is 6.28. The van der Waals surface area contributed by atoms with Gasteiger partial charge in [0.1, 0.15) is 11.6 Å². The minimum atomic E-state index is -4.80. The summed E-state index contributed by atoms with van der Waals surface area (Å²) in [6, 6.07) is 9.53. The van der Waals surface area contributed by atoms with Gasteiger partial charge in [0, 0.05) is 0 Å². The standard InChI is InChI=1S/C22H15F5O5S/c23-16-3-1-13(2-4-16)12-33(30,31)18-5-6-20(19(24)11-18)32-17-8-14(9-21(28)29)7-15(10-17)22(25,26)27/h1-8,10-11H,9,12H2,(H,28,29). The van der Waals surface area contributed by atoms with E-state index in [0.29, 0.717) is 18.2 Å². The molecule has 0 bridgehead atoms. The highest BCUT2D eigenvalue weighted by Crippen LogP contribution is 2.35. The number of halogens is 5. The molecule has 1 N–H and O–H groups in total. The van der Waals surface area contributed by atoms with Crippen LogP contribution in [0, 0.1) is 11.6 Å². The van der Waals surface area contributed by atoms with Crippen LogP contribution >= 0.6 is 0 Å². The van der Waals surface area contributed by atoms with Crippen LogP contribution in [0.5, 0.6) is 11.5 Å². The summed E-state index contributed by atoms with van der Waals surface area (Å²) in [7, 11) is -4.02. The number of sulfone groups is 1. The van der Waals surface area contributed by atoms with Crippen molar-refractivity contribution in [2.45, 2.75) is 23.2 Å². The molecule has 11 heteroatoms. The predicted molar refractivity (Wildman–Crippen MR) is 107 cm³/mol. The van der Waals surface area contributed by atoms with E-state index in [1.807, 2.05) is 0 Å². The number of ether oxygens (including phenoxy) is 1. The summed E-state index contributed by atoms with van der Waals surface area (Å²) < 4.78 is 97.1. The Morgan fingerprint density at radius 2 is 1.58 bits per heavy atom. The van der Waals surface area contributed by atoms with Crippen molar-refractivity contribution in [2.24, 2.45) is 0 Å². The van der Waals surface area contributed by atoms with Crippen molar-refractivity contribution in [3.05, 3.63) is 89.0 Å². The molecule has 33 heavy (non-hydrogen) atoms. The van der Waals surface area contributed by atoms with Crippen LogP contribution in [0.25, 0.3) is 0 Å². The minimum Gasteiger partial charge on any atom is -0.481 e. The molecule has 0 saturated heterocycles. The fourth-order valence-corrected chi connectivity index (χ4v) is 4.28. The molecule has 0 fully saturated rings. The summed E-state index contributed by atoms with van der Waals surface area (Å²) in [4.78, 5) is 10.5. The van der Waals surface area contributed by atoms with Crippen LogP contribution in [0.3, 0.4) is 0 Å². The largest absolute Gasteiger partial charge is 0.481 e. The lowest BCUT2D eigenvalue weighted by molar-refractivity contribution is -0.138. The molecule has 0 spiro atoms. The molecule has 3 aromatic rings. The normalized spacial score (nSPS) is 11.9. The number of carboxylic acids is 1. The number of carbonyl (C=O) groups is 1. The van der Waals surface area contributed by atoms with E-state index in [-0.39, 0.29) is 11.1 Å². The highest BCUT2D eigenvalue weighted by atomic mass is 32.2. The SMILES string of the molecule is O=C(O)Cc1cc(Oc2ccc(S(=O)(=O)Cc3ccc(F)cc3)cc2F)cc(C(F)(F)F)c1. The van der Waals surface area contributed by atoms with E-state index < -0.39 is 67.7 Å². The van der Waals surface area contributed by atoms with Gasteiger partial charge in [0.2, 0.25) is 0 Å². The second-order valence-corrected chi connectivity index (χ2v) is 9.00. The van der Waals surface area contributed by atoms with Crippen LogP contribution in [-0.2, 0) is 33.0 Å². The van der Waals surface area contributed by atoms with Crippen molar-refractivity contribution in [2.75, 3.05) is 0 Å². The number of carboxylic acid groups (broad SMARTS) is 1. The summed E-state index contributed by atoms with van der Waals surface area (Å²) in [6.07, 6.45) is -5.52. The zero-order valence-corrected chi connectivity index (χ0v) is 17.4. The number of hydrogen-bond acceptors (Lipinski definition) is 4. The first kappa shape index (κ1) is 24.2. The van der Waals surface area contributed by atoms with Crippen molar-refractivity contribution < 1.29 is 45.0 Å². The monoisotopic (exact) mass is 486 g/mol. The van der Waals surface area contributed by atoms with Gasteiger partial charge in [-0.1, -0.05) is 12.1 Å². The van der Waals surface area contributed by atoms with E-state index in [1.54, 1.807) is 0 Å². The molecule has 0 aromatic heterocycles. The zero-order valence-electron chi connectivity index (χ0n) is 16.6. The lowest BCUT2D eigenvalue weighted by Gasteiger charge is -2.13. The average molecular weight is 486 g/mol. The Balaban J connectivity index is 1.88. The number of benzene rings is 3. The molecule has 0 atom stereocenters. The van der Waals surface area contributed by atoms with Gasteiger partial charge in [0.15, 0.2) is 21.4 Å². The fraction of sp³-hybridized carbons (Fsp3) is 0.136. The lowest BCUT2D eigenvalue weighted by Crippen LogP contribution is -2.08. The Morgan fingerprint density at radius 3 is 2.15 bits per heavy atom. The molecule has 0 amide bonds. The molecule has 0 aliphatic rings. The van der Waals surface area contributed by atoms with Crippen molar-refractivity contribution in [1.82, 2.24) is 0 Å². The van der Waals surface area contributed by atoms with Gasteiger partial charge in [-0.25, -0.2) is 17.2 Å². The van der Waals surface area contributed by atoms with Crippen LogP contribution in [0.2, 0.25) is 0 Å². The molecule has 3 aromatic carbocycles. The van der Waals surface area contributed by atoms with Crippen LogP contribution < -0.4 is 4.74 Å². The average Bonchev–Trinajstić information content (AvgIpc) is 2.69. The van der Waals surface area contributed by atoms with Crippen molar-refractivity contribution in [3.8, 4) is 11.5 Å². The third-order valence-electron chi connectivity index (χ3n) is 4.41. The summed E-state index contributed by atoms with van der Waals surface area (Å²) in [5, 5.41) is 8.85. The lowest BCUT2D eigenvalue weighted by atomic mass is 10.1. The molecule has 174 valence electrons. The second-order valence-electron chi connectivity index (χ2n) is 7.01. The topological polar surface area (TPSA) is 80.7 Å². The molecule has 0 saturated carbocycles. The van der Waals surface area contributed by atoms with Crippen LogP contribution in [0.1, 0.15) is 16.7 Å². The van der Waals surface area contributed by atoms with Gasteiger partial charge in [0.05, 0.1) is 22.6 Å².